The summed E-state index contributed by atoms with van der Waals surface area (Å²) in [6.45, 7) is 1.50. The molecule has 1 aromatic rings. The number of aliphatic carboxylic acids is 1. The van der Waals surface area contributed by atoms with Crippen LogP contribution in [0.1, 0.15) is 12.5 Å². The molecule has 0 saturated heterocycles. The van der Waals surface area contributed by atoms with Gasteiger partial charge in [0.05, 0.1) is 19.2 Å². The predicted octanol–water partition coefficient (Wildman–Crippen LogP) is 2.85. The summed E-state index contributed by atoms with van der Waals surface area (Å²) >= 11 is 6.10. The molecule has 0 atom stereocenters. The number of hydrogen-bond acceptors (Lipinski definition) is 3. The number of carboxylic acid groups (broad SMARTS) is 1. The maximum Gasteiger partial charge on any atom is 0.331 e. The van der Waals surface area contributed by atoms with Crippen molar-refractivity contribution in [2.24, 2.45) is 0 Å². The summed E-state index contributed by atoms with van der Waals surface area (Å²) in [5.74, 6) is -0.0976. The van der Waals surface area contributed by atoms with Crippen LogP contribution in [0.4, 0.5) is 0 Å². The Morgan fingerprint density at radius 3 is 2.47 bits per heavy atom. The fourth-order valence-corrected chi connectivity index (χ4v) is 1.60. The van der Waals surface area contributed by atoms with Crippen molar-refractivity contribution in [2.75, 3.05) is 14.2 Å². The van der Waals surface area contributed by atoms with Crippen LogP contribution in [-0.2, 0) is 4.79 Å². The maximum atomic E-state index is 10.7. The molecule has 0 aliphatic rings. The van der Waals surface area contributed by atoms with E-state index >= 15 is 0 Å². The van der Waals surface area contributed by atoms with Gasteiger partial charge in [-0.15, -0.1) is 0 Å². The zero-order chi connectivity index (χ0) is 13.0. The molecule has 0 saturated carbocycles. The number of benzene rings is 1. The molecule has 0 fully saturated rings. The molecule has 0 radical (unpaired) electrons. The second-order valence-electron chi connectivity index (χ2n) is 3.34. The summed E-state index contributed by atoms with van der Waals surface area (Å²) in [6.07, 6.45) is 1.48. The van der Waals surface area contributed by atoms with Gasteiger partial charge in [0.25, 0.3) is 0 Å². The molecule has 0 aliphatic heterocycles. The summed E-state index contributed by atoms with van der Waals surface area (Å²) in [7, 11) is 2.98. The molecule has 5 heteroatoms. The molecule has 0 unspecified atom stereocenters. The fraction of sp³-hybridized carbons (Fsp3) is 0.250. The highest BCUT2D eigenvalue weighted by molar-refractivity contribution is 6.34. The van der Waals surface area contributed by atoms with Gasteiger partial charge in [-0.3, -0.25) is 0 Å². The molecule has 1 N–H and O–H groups in total. The monoisotopic (exact) mass is 256 g/mol. The van der Waals surface area contributed by atoms with Crippen LogP contribution >= 0.6 is 11.6 Å². The Labute approximate surface area is 104 Å². The van der Waals surface area contributed by atoms with Gasteiger partial charge < -0.3 is 14.6 Å². The van der Waals surface area contributed by atoms with Gasteiger partial charge in [-0.05, 0) is 30.7 Å². The first-order chi connectivity index (χ1) is 8.01. The number of rotatable bonds is 4. The third-order valence-electron chi connectivity index (χ3n) is 2.22. The van der Waals surface area contributed by atoms with Gasteiger partial charge in [-0.1, -0.05) is 11.6 Å². The summed E-state index contributed by atoms with van der Waals surface area (Å²) in [4.78, 5) is 10.7. The molecule has 0 bridgehead atoms. The molecule has 1 aromatic carbocycles. The van der Waals surface area contributed by atoms with Crippen LogP contribution < -0.4 is 9.47 Å². The van der Waals surface area contributed by atoms with Crippen molar-refractivity contribution in [1.29, 1.82) is 0 Å². The van der Waals surface area contributed by atoms with Crippen molar-refractivity contribution < 1.29 is 19.4 Å². The average Bonchev–Trinajstić information content (AvgIpc) is 2.31. The number of ether oxygens (including phenoxy) is 2. The van der Waals surface area contributed by atoms with Gasteiger partial charge >= 0.3 is 5.97 Å². The number of carboxylic acids is 1. The number of methoxy groups -OCH3 is 2. The van der Waals surface area contributed by atoms with Gasteiger partial charge in [-0.25, -0.2) is 4.79 Å². The van der Waals surface area contributed by atoms with E-state index in [1.807, 2.05) is 0 Å². The van der Waals surface area contributed by atoms with E-state index in [2.05, 4.69) is 0 Å². The summed E-state index contributed by atoms with van der Waals surface area (Å²) < 4.78 is 10.2. The molecule has 92 valence electrons. The summed E-state index contributed by atoms with van der Waals surface area (Å²) in [5.41, 5.74) is 0.767. The van der Waals surface area contributed by atoms with Crippen molar-refractivity contribution >= 4 is 23.6 Å². The van der Waals surface area contributed by atoms with Gasteiger partial charge in [0, 0.05) is 5.57 Å². The van der Waals surface area contributed by atoms with E-state index in [0.717, 1.165) is 0 Å². The highest BCUT2D eigenvalue weighted by Gasteiger charge is 2.12. The SMILES string of the molecule is COc1ccc(C=C(C)C(=O)O)c(Cl)c1OC. The van der Waals surface area contributed by atoms with Crippen molar-refractivity contribution in [3.05, 3.63) is 28.3 Å². The van der Waals surface area contributed by atoms with Crippen LogP contribution in [0.2, 0.25) is 5.02 Å². The minimum absolute atomic E-state index is 0.194. The lowest BCUT2D eigenvalue weighted by Gasteiger charge is -2.11. The Balaban J connectivity index is 3.29. The first kappa shape index (κ1) is 13.4. The summed E-state index contributed by atoms with van der Waals surface area (Å²) in [5, 5.41) is 9.12. The molecule has 0 amide bonds. The third kappa shape index (κ3) is 2.91. The minimum Gasteiger partial charge on any atom is -0.493 e. The normalized spacial score (nSPS) is 11.2. The van der Waals surface area contributed by atoms with Gasteiger partial charge in [-0.2, -0.15) is 0 Å². The fourth-order valence-electron chi connectivity index (χ4n) is 1.31. The second-order valence-corrected chi connectivity index (χ2v) is 3.71. The highest BCUT2D eigenvalue weighted by Crippen LogP contribution is 2.38. The van der Waals surface area contributed by atoms with Crippen LogP contribution in [0.3, 0.4) is 0 Å². The number of halogens is 1. The smallest absolute Gasteiger partial charge is 0.331 e. The second kappa shape index (κ2) is 5.59. The number of hydrogen-bond donors (Lipinski definition) is 1. The largest absolute Gasteiger partial charge is 0.493 e. The molecule has 0 spiro atoms. The first-order valence-electron chi connectivity index (χ1n) is 4.83. The van der Waals surface area contributed by atoms with Crippen LogP contribution in [0.25, 0.3) is 6.08 Å². The lowest BCUT2D eigenvalue weighted by Crippen LogP contribution is -1.97. The van der Waals surface area contributed by atoms with Crippen molar-refractivity contribution in [2.45, 2.75) is 6.92 Å². The molecular weight excluding hydrogens is 244 g/mol. The zero-order valence-electron chi connectivity index (χ0n) is 9.78. The van der Waals surface area contributed by atoms with E-state index in [1.165, 1.54) is 27.2 Å². The van der Waals surface area contributed by atoms with E-state index in [-0.39, 0.29) is 5.57 Å². The molecular formula is C12H13ClO4. The topological polar surface area (TPSA) is 55.8 Å². The van der Waals surface area contributed by atoms with Gasteiger partial charge in [0.15, 0.2) is 11.5 Å². The molecule has 4 nitrogen and oxygen atoms in total. The van der Waals surface area contributed by atoms with E-state index in [1.54, 1.807) is 12.1 Å². The average molecular weight is 257 g/mol. The van der Waals surface area contributed by atoms with Crippen molar-refractivity contribution in [3.8, 4) is 11.5 Å². The zero-order valence-corrected chi connectivity index (χ0v) is 10.5. The van der Waals surface area contributed by atoms with Crippen LogP contribution in [0, 0.1) is 0 Å². The standard InChI is InChI=1S/C12H13ClO4/c1-7(12(14)15)6-8-4-5-9(16-2)11(17-3)10(8)13/h4-6H,1-3H3,(H,14,15). The van der Waals surface area contributed by atoms with Crippen LogP contribution in [-0.4, -0.2) is 25.3 Å². The van der Waals surface area contributed by atoms with E-state index < -0.39 is 5.97 Å². The molecule has 0 heterocycles. The lowest BCUT2D eigenvalue weighted by molar-refractivity contribution is -0.132. The first-order valence-corrected chi connectivity index (χ1v) is 5.21. The van der Waals surface area contributed by atoms with Crippen LogP contribution in [0.15, 0.2) is 17.7 Å². The van der Waals surface area contributed by atoms with E-state index in [4.69, 9.17) is 26.2 Å². The number of carbonyl (C=O) groups is 1. The van der Waals surface area contributed by atoms with Crippen molar-refractivity contribution in [3.63, 3.8) is 0 Å². The lowest BCUT2D eigenvalue weighted by atomic mass is 10.1. The minimum atomic E-state index is -0.990. The highest BCUT2D eigenvalue weighted by atomic mass is 35.5. The molecule has 0 aromatic heterocycles. The summed E-state index contributed by atoms with van der Waals surface area (Å²) in [6, 6.07) is 3.35. The Bertz CT molecular complexity index is 466. The maximum absolute atomic E-state index is 10.7. The quantitative estimate of drug-likeness (QED) is 0.842. The van der Waals surface area contributed by atoms with Gasteiger partial charge in [0.1, 0.15) is 0 Å². The third-order valence-corrected chi connectivity index (χ3v) is 2.61. The Morgan fingerprint density at radius 1 is 1.35 bits per heavy atom. The van der Waals surface area contributed by atoms with E-state index in [0.29, 0.717) is 22.1 Å². The van der Waals surface area contributed by atoms with Gasteiger partial charge in [0.2, 0.25) is 0 Å². The molecule has 1 rings (SSSR count). The van der Waals surface area contributed by atoms with Crippen LogP contribution in [0.5, 0.6) is 11.5 Å². The Morgan fingerprint density at radius 2 is 2.00 bits per heavy atom. The Kier molecular flexibility index (Phi) is 4.40. The van der Waals surface area contributed by atoms with Crippen molar-refractivity contribution in [1.82, 2.24) is 0 Å². The Hall–Kier alpha value is -1.68. The predicted molar refractivity (Wildman–Crippen MR) is 65.8 cm³/mol. The molecule has 0 aliphatic carbocycles. The van der Waals surface area contributed by atoms with E-state index in [9.17, 15) is 4.79 Å². The molecule has 17 heavy (non-hydrogen) atoms.